The minimum Gasteiger partial charge on any atom is -0.315 e. The van der Waals surface area contributed by atoms with Crippen LogP contribution < -0.4 is 16.7 Å². The average Bonchev–Trinajstić information content (AvgIpc) is 3.14. The maximum atomic E-state index is 12.3. The van der Waals surface area contributed by atoms with E-state index in [1.165, 1.54) is 54.0 Å². The Balaban J connectivity index is 1.69. The lowest BCUT2D eigenvalue weighted by Crippen LogP contribution is -2.38. The molecule has 12 nitrogen and oxygen atoms in total. The van der Waals surface area contributed by atoms with Gasteiger partial charge in [0.2, 0.25) is 0 Å². The molecule has 30 heavy (non-hydrogen) atoms. The largest absolute Gasteiger partial charge is 0.332 e. The number of allylic oxidation sites excluding steroid dienone is 1. The molecule has 12 heteroatoms. The monoisotopic (exact) mass is 411 g/mol. The van der Waals surface area contributed by atoms with Gasteiger partial charge in [-0.1, -0.05) is 12.1 Å². The number of aromatic nitrogens is 4. The number of amides is 1. The van der Waals surface area contributed by atoms with Crippen LogP contribution in [-0.2, 0) is 25.4 Å². The number of rotatable bonds is 6. The molecule has 0 fully saturated rings. The van der Waals surface area contributed by atoms with E-state index in [2.05, 4.69) is 15.5 Å². The molecule has 0 spiro atoms. The Kier molecular flexibility index (Phi) is 5.67. The first-order valence-electron chi connectivity index (χ1n) is 8.64. The van der Waals surface area contributed by atoms with Gasteiger partial charge in [-0.05, 0) is 18.2 Å². The van der Waals surface area contributed by atoms with Crippen LogP contribution >= 0.6 is 0 Å². The molecule has 0 saturated heterocycles. The smallest absolute Gasteiger partial charge is 0.315 e. The highest BCUT2D eigenvalue weighted by Crippen LogP contribution is 2.18. The number of carbonyl (C=O) groups excluding carboxylic acids is 1. The maximum Gasteiger partial charge on any atom is 0.332 e. The molecule has 1 amide bonds. The van der Waals surface area contributed by atoms with E-state index in [-0.39, 0.29) is 23.4 Å². The molecule has 0 aliphatic carbocycles. The van der Waals surface area contributed by atoms with Crippen LogP contribution in [-0.4, -0.2) is 35.7 Å². The quantitative estimate of drug-likeness (QED) is 0.347. The minimum absolute atomic E-state index is 0.0471. The van der Waals surface area contributed by atoms with Gasteiger partial charge in [0, 0.05) is 26.4 Å². The van der Waals surface area contributed by atoms with Crippen molar-refractivity contribution in [1.82, 2.24) is 24.1 Å². The third-order valence-electron chi connectivity index (χ3n) is 4.29. The molecule has 3 aromatic rings. The fourth-order valence-electron chi connectivity index (χ4n) is 2.80. The summed E-state index contributed by atoms with van der Waals surface area (Å²) in [5.41, 5.74) is 1.85. The van der Waals surface area contributed by atoms with Gasteiger partial charge >= 0.3 is 5.69 Å². The zero-order valence-corrected chi connectivity index (χ0v) is 16.1. The van der Waals surface area contributed by atoms with Crippen LogP contribution in [0.25, 0.3) is 17.2 Å². The van der Waals surface area contributed by atoms with Gasteiger partial charge in [0.15, 0.2) is 11.2 Å². The Bertz CT molecular complexity index is 1310. The zero-order valence-electron chi connectivity index (χ0n) is 16.1. The SMILES string of the molecule is Cn1c(=O)c2c(ncn2CC(=O)N/N=C\C=C/c2ccccc2[N+](=O)[O-])n(C)c1=O. The third kappa shape index (κ3) is 3.92. The van der Waals surface area contributed by atoms with Gasteiger partial charge in [-0.25, -0.2) is 15.2 Å². The van der Waals surface area contributed by atoms with Gasteiger partial charge in [-0.3, -0.25) is 28.8 Å². The van der Waals surface area contributed by atoms with E-state index in [0.29, 0.717) is 5.56 Å². The molecular formula is C18H17N7O5. The van der Waals surface area contributed by atoms with E-state index in [4.69, 9.17) is 0 Å². The second-order valence-electron chi connectivity index (χ2n) is 6.24. The number of hydrogen-bond donors (Lipinski definition) is 1. The third-order valence-corrected chi connectivity index (χ3v) is 4.29. The summed E-state index contributed by atoms with van der Waals surface area (Å²) in [6, 6.07) is 6.20. The van der Waals surface area contributed by atoms with Crippen molar-refractivity contribution in [2.24, 2.45) is 19.2 Å². The summed E-state index contributed by atoms with van der Waals surface area (Å²) in [6.45, 7) is -0.241. The summed E-state index contributed by atoms with van der Waals surface area (Å²) in [6.07, 6.45) is 5.49. The number of benzene rings is 1. The van der Waals surface area contributed by atoms with Gasteiger partial charge in [-0.2, -0.15) is 5.10 Å². The van der Waals surface area contributed by atoms with E-state index in [1.54, 1.807) is 18.2 Å². The predicted octanol–water partition coefficient (Wildman–Crippen LogP) is 0.157. The molecule has 0 radical (unpaired) electrons. The lowest BCUT2D eigenvalue weighted by molar-refractivity contribution is -0.385. The topological polar surface area (TPSA) is 146 Å². The number of fused-ring (bicyclic) bond motifs is 1. The van der Waals surface area contributed by atoms with E-state index in [0.717, 1.165) is 4.57 Å². The van der Waals surface area contributed by atoms with Gasteiger partial charge in [0.05, 0.1) is 16.8 Å². The molecule has 0 aliphatic rings. The van der Waals surface area contributed by atoms with Gasteiger partial charge < -0.3 is 4.57 Å². The lowest BCUT2D eigenvalue weighted by atomic mass is 10.2. The normalized spacial score (nSPS) is 11.5. The van der Waals surface area contributed by atoms with Crippen LogP contribution in [0.2, 0.25) is 0 Å². The van der Waals surface area contributed by atoms with Crippen molar-refractivity contribution in [3.63, 3.8) is 0 Å². The fraction of sp³-hybridized carbons (Fsp3) is 0.167. The van der Waals surface area contributed by atoms with E-state index < -0.39 is 22.1 Å². The summed E-state index contributed by atoms with van der Waals surface area (Å²) >= 11 is 0. The number of imidazole rings is 1. The summed E-state index contributed by atoms with van der Waals surface area (Å²) in [7, 11) is 2.82. The Morgan fingerprint density at radius 1 is 1.27 bits per heavy atom. The molecule has 0 aliphatic heterocycles. The number of nitro groups is 1. The standard InChI is InChI=1S/C18H17N7O5/c1-22-16-15(17(27)23(2)18(22)28)24(11-19-16)10-14(26)21-20-9-5-7-12-6-3-4-8-13(12)25(29)30/h3-9,11H,10H2,1-2H3,(H,21,26)/b7-5-,20-9-. The van der Waals surface area contributed by atoms with Crippen molar-refractivity contribution in [2.45, 2.75) is 6.54 Å². The number of nitro benzene ring substituents is 1. The zero-order chi connectivity index (χ0) is 21.8. The average molecular weight is 411 g/mol. The van der Waals surface area contributed by atoms with Gasteiger partial charge in [0.25, 0.3) is 17.2 Å². The van der Waals surface area contributed by atoms with Crippen LogP contribution in [0, 0.1) is 10.1 Å². The minimum atomic E-state index is -0.561. The van der Waals surface area contributed by atoms with Crippen LogP contribution in [0.3, 0.4) is 0 Å². The predicted molar refractivity (Wildman–Crippen MR) is 109 cm³/mol. The van der Waals surface area contributed by atoms with Crippen molar-refractivity contribution in [3.05, 3.63) is 73.2 Å². The summed E-state index contributed by atoms with van der Waals surface area (Å²) in [4.78, 5) is 50.9. The van der Waals surface area contributed by atoms with Crippen LogP contribution in [0.15, 0.2) is 51.4 Å². The Labute approximate surface area is 168 Å². The first kappa shape index (κ1) is 20.4. The summed E-state index contributed by atoms with van der Waals surface area (Å²) in [5, 5.41) is 14.7. The molecule has 154 valence electrons. The van der Waals surface area contributed by atoms with Gasteiger partial charge in [0.1, 0.15) is 6.54 Å². The summed E-state index contributed by atoms with van der Waals surface area (Å²) < 4.78 is 3.48. The lowest BCUT2D eigenvalue weighted by Gasteiger charge is -2.05. The number of nitrogens with one attached hydrogen (secondary N) is 1. The van der Waals surface area contributed by atoms with Crippen molar-refractivity contribution >= 4 is 35.0 Å². The highest BCUT2D eigenvalue weighted by Gasteiger charge is 2.15. The Morgan fingerprint density at radius 3 is 2.73 bits per heavy atom. The molecule has 0 unspecified atom stereocenters. The number of hydrogen-bond acceptors (Lipinski definition) is 7. The molecule has 1 N–H and O–H groups in total. The number of aryl methyl sites for hydroxylation is 1. The highest BCUT2D eigenvalue weighted by molar-refractivity contribution is 5.83. The Hall–Kier alpha value is -4.35. The second-order valence-corrected chi connectivity index (χ2v) is 6.24. The van der Waals surface area contributed by atoms with Crippen molar-refractivity contribution in [3.8, 4) is 0 Å². The van der Waals surface area contributed by atoms with E-state index >= 15 is 0 Å². The molecule has 3 rings (SSSR count). The highest BCUT2D eigenvalue weighted by atomic mass is 16.6. The van der Waals surface area contributed by atoms with Crippen molar-refractivity contribution in [2.75, 3.05) is 0 Å². The van der Waals surface area contributed by atoms with Crippen molar-refractivity contribution in [1.29, 1.82) is 0 Å². The van der Waals surface area contributed by atoms with Crippen molar-refractivity contribution < 1.29 is 9.72 Å². The number of carbonyl (C=O) groups is 1. The van der Waals surface area contributed by atoms with E-state index in [1.807, 2.05) is 0 Å². The van der Waals surface area contributed by atoms with Crippen LogP contribution in [0.1, 0.15) is 5.56 Å². The molecule has 2 aromatic heterocycles. The second kappa shape index (κ2) is 8.34. The van der Waals surface area contributed by atoms with E-state index in [9.17, 15) is 24.5 Å². The van der Waals surface area contributed by atoms with Crippen LogP contribution in [0.4, 0.5) is 5.69 Å². The number of nitrogens with zero attached hydrogens (tertiary/aromatic N) is 6. The first-order chi connectivity index (χ1) is 14.3. The maximum absolute atomic E-state index is 12.3. The van der Waals surface area contributed by atoms with Gasteiger partial charge in [-0.15, -0.1) is 0 Å². The molecular weight excluding hydrogens is 394 g/mol. The first-order valence-corrected chi connectivity index (χ1v) is 8.64. The van der Waals surface area contributed by atoms with Crippen LogP contribution in [0.5, 0.6) is 0 Å². The molecule has 2 heterocycles. The molecule has 0 bridgehead atoms. The fourth-order valence-corrected chi connectivity index (χ4v) is 2.80. The summed E-state index contributed by atoms with van der Waals surface area (Å²) in [5.74, 6) is -0.527. The number of hydrazone groups is 1. The Morgan fingerprint density at radius 2 is 2.00 bits per heavy atom. The molecule has 0 atom stereocenters. The number of para-hydroxylation sites is 1. The molecule has 0 saturated carbocycles. The molecule has 1 aromatic carbocycles.